The zero-order valence-corrected chi connectivity index (χ0v) is 25.0. The summed E-state index contributed by atoms with van der Waals surface area (Å²) in [6.45, 7) is 1.60. The Morgan fingerprint density at radius 3 is 2.51 bits per heavy atom. The average molecular weight is 634 g/mol. The first-order valence-electron chi connectivity index (χ1n) is 13.6. The number of nitrogens with one attached hydrogen (secondary N) is 1. The van der Waals surface area contributed by atoms with Crippen molar-refractivity contribution in [2.75, 3.05) is 25.0 Å². The first-order chi connectivity index (χ1) is 20.4. The van der Waals surface area contributed by atoms with Crippen molar-refractivity contribution in [2.45, 2.75) is 50.0 Å². The zero-order valence-electron chi connectivity index (χ0n) is 23.3. The molecular weight excluding hydrogens is 603 g/mol. The number of carbonyl (C=O) groups excluding carboxylic acids is 4. The van der Waals surface area contributed by atoms with E-state index in [1.165, 1.54) is 22.8 Å². The Morgan fingerprint density at radius 1 is 1.12 bits per heavy atom. The summed E-state index contributed by atoms with van der Waals surface area (Å²) in [6.07, 6.45) is 1.48. The van der Waals surface area contributed by atoms with E-state index in [4.69, 9.17) is 9.79 Å². The standard InChI is InChI=1S/C28H30F2N5O6PS/c1-16(36)34-13-12-19-9-10-22(27(39)33(2)18-6-4-3-5-7-18)35(19)26(38)21(15-34)31-24(37)25-32-20-14-17(8-11-23(20)43-25)28(29,30)42(40)41/h3-8,11,14,19,21-22,40-41H,9-10,12-13,15H2,1-2H3,(H,31,37)/t19-,21+,22+/m1/s1. The third-order valence-corrected chi connectivity index (χ3v) is 9.68. The number of rotatable bonds is 6. The predicted octanol–water partition coefficient (Wildman–Crippen LogP) is 3.02. The van der Waals surface area contributed by atoms with E-state index in [0.29, 0.717) is 36.2 Å². The van der Waals surface area contributed by atoms with Crippen molar-refractivity contribution in [3.63, 3.8) is 0 Å². The Balaban J connectivity index is 1.41. The number of aromatic nitrogens is 1. The van der Waals surface area contributed by atoms with Crippen molar-refractivity contribution in [1.82, 2.24) is 20.1 Å². The van der Waals surface area contributed by atoms with Crippen LogP contribution in [0, 0.1) is 0 Å². The molecule has 0 aliphatic carbocycles. The number of nitrogens with zero attached hydrogens (tertiary/aromatic N) is 4. The van der Waals surface area contributed by atoms with Gasteiger partial charge in [0, 0.05) is 44.4 Å². The van der Waals surface area contributed by atoms with Crippen molar-refractivity contribution < 1.29 is 37.7 Å². The number of likely N-dealkylation sites (N-methyl/N-ethyl adjacent to an activating group) is 1. The highest BCUT2D eigenvalue weighted by Gasteiger charge is 2.46. The SMILES string of the molecule is CC(=O)N1CC[C@H]2CC[C@@H](C(=O)N(C)c3ccccc3)N2C(=O)[C@@H](NC(=O)c2nc3cc(C(F)(F)P(O)O)ccc3s2)C1. The Kier molecular flexibility index (Phi) is 8.75. The van der Waals surface area contributed by atoms with Gasteiger partial charge in [0.05, 0.1) is 10.2 Å². The molecule has 228 valence electrons. The van der Waals surface area contributed by atoms with E-state index in [1.54, 1.807) is 24.1 Å². The number of alkyl halides is 2. The quantitative estimate of drug-likeness (QED) is 0.354. The number of hydrogen-bond acceptors (Lipinski definition) is 8. The van der Waals surface area contributed by atoms with E-state index in [2.05, 4.69) is 10.3 Å². The highest BCUT2D eigenvalue weighted by molar-refractivity contribution is 7.46. The van der Waals surface area contributed by atoms with Gasteiger partial charge in [-0.2, -0.15) is 8.78 Å². The van der Waals surface area contributed by atoms with Gasteiger partial charge in [-0.25, -0.2) is 4.98 Å². The van der Waals surface area contributed by atoms with E-state index < -0.39 is 43.5 Å². The van der Waals surface area contributed by atoms with Crippen LogP contribution in [-0.4, -0.2) is 86.5 Å². The number of thiazole rings is 1. The minimum Gasteiger partial charge on any atom is -0.346 e. The second kappa shape index (κ2) is 12.2. The van der Waals surface area contributed by atoms with Gasteiger partial charge < -0.3 is 29.8 Å². The molecular formula is C28H30F2N5O6PS. The van der Waals surface area contributed by atoms with Gasteiger partial charge in [0.25, 0.3) is 5.91 Å². The molecule has 0 radical (unpaired) electrons. The zero-order chi connectivity index (χ0) is 31.1. The van der Waals surface area contributed by atoms with Crippen molar-refractivity contribution in [1.29, 1.82) is 0 Å². The van der Waals surface area contributed by atoms with Gasteiger partial charge in [0.1, 0.15) is 12.1 Å². The minimum absolute atomic E-state index is 0.0488. The molecule has 0 spiro atoms. The van der Waals surface area contributed by atoms with Gasteiger partial charge in [0.2, 0.25) is 26.1 Å². The number of carbonyl (C=O) groups is 4. The summed E-state index contributed by atoms with van der Waals surface area (Å²) in [6, 6.07) is 10.1. The molecule has 2 fully saturated rings. The molecule has 4 amide bonds. The highest BCUT2D eigenvalue weighted by Crippen LogP contribution is 2.52. The monoisotopic (exact) mass is 633 g/mol. The summed E-state index contributed by atoms with van der Waals surface area (Å²) in [5.74, 6) is -1.77. The van der Waals surface area contributed by atoms with Gasteiger partial charge in [-0.15, -0.1) is 11.3 Å². The molecule has 2 aromatic carbocycles. The number of hydrogen-bond donors (Lipinski definition) is 3. The van der Waals surface area contributed by atoms with Crippen molar-refractivity contribution in [3.8, 4) is 0 Å². The van der Waals surface area contributed by atoms with Gasteiger partial charge in [-0.05, 0) is 43.5 Å². The smallest absolute Gasteiger partial charge is 0.339 e. The topological polar surface area (TPSA) is 143 Å². The van der Waals surface area contributed by atoms with Gasteiger partial charge in [0.15, 0.2) is 5.01 Å². The molecule has 0 unspecified atom stereocenters. The van der Waals surface area contributed by atoms with Crippen LogP contribution in [0.2, 0.25) is 0 Å². The van der Waals surface area contributed by atoms with Crippen LogP contribution in [0.5, 0.6) is 0 Å². The van der Waals surface area contributed by atoms with E-state index in [9.17, 15) is 28.0 Å². The summed E-state index contributed by atoms with van der Waals surface area (Å²) in [7, 11) is -1.94. The van der Waals surface area contributed by atoms with Gasteiger partial charge >= 0.3 is 5.66 Å². The van der Waals surface area contributed by atoms with E-state index in [0.717, 1.165) is 23.5 Å². The Bertz CT molecular complexity index is 1560. The molecule has 2 aliphatic heterocycles. The van der Waals surface area contributed by atoms with Crippen LogP contribution in [0.3, 0.4) is 0 Å². The largest absolute Gasteiger partial charge is 0.346 e. The second-order valence-corrected chi connectivity index (χ2v) is 12.7. The maximum absolute atomic E-state index is 14.2. The Morgan fingerprint density at radius 2 is 1.84 bits per heavy atom. The fraction of sp³-hybridized carbons (Fsp3) is 0.393. The number of halogens is 2. The first kappa shape index (κ1) is 30.9. The fourth-order valence-corrected chi connectivity index (χ4v) is 6.78. The van der Waals surface area contributed by atoms with Crippen molar-refractivity contribution in [3.05, 3.63) is 59.1 Å². The predicted molar refractivity (Wildman–Crippen MR) is 157 cm³/mol. The lowest BCUT2D eigenvalue weighted by Crippen LogP contribution is -2.61. The van der Waals surface area contributed by atoms with Crippen LogP contribution in [-0.2, 0) is 20.0 Å². The summed E-state index contributed by atoms with van der Waals surface area (Å²) >= 11 is 0.912. The maximum atomic E-state index is 14.2. The third kappa shape index (κ3) is 6.10. The Hall–Kier alpha value is -3.58. The fourth-order valence-electron chi connectivity index (χ4n) is 5.56. The molecule has 15 heteroatoms. The molecule has 11 nitrogen and oxygen atoms in total. The summed E-state index contributed by atoms with van der Waals surface area (Å²) in [4.78, 5) is 80.3. The number of benzene rings is 2. The molecule has 3 atom stereocenters. The van der Waals surface area contributed by atoms with Gasteiger partial charge in [-0.1, -0.05) is 24.3 Å². The van der Waals surface area contributed by atoms with Crippen LogP contribution >= 0.6 is 19.7 Å². The van der Waals surface area contributed by atoms with Crippen LogP contribution in [0.1, 0.15) is 41.6 Å². The molecule has 43 heavy (non-hydrogen) atoms. The van der Waals surface area contributed by atoms with Crippen LogP contribution in [0.25, 0.3) is 10.2 Å². The lowest BCUT2D eigenvalue weighted by molar-refractivity contribution is -0.144. The van der Waals surface area contributed by atoms with Gasteiger partial charge in [-0.3, -0.25) is 19.2 Å². The number of fused-ring (bicyclic) bond motifs is 2. The Labute approximate surface area is 251 Å². The van der Waals surface area contributed by atoms with E-state index in [1.807, 2.05) is 18.2 Å². The normalized spacial score (nSPS) is 21.0. The molecule has 3 aromatic rings. The first-order valence-corrected chi connectivity index (χ1v) is 15.6. The maximum Gasteiger partial charge on any atom is 0.339 e. The second-order valence-electron chi connectivity index (χ2n) is 10.5. The molecule has 2 saturated heterocycles. The summed E-state index contributed by atoms with van der Waals surface area (Å²) in [5.41, 5.74) is -3.81. The number of para-hydroxylation sites is 1. The molecule has 3 N–H and O–H groups in total. The molecule has 2 aliphatic rings. The van der Waals surface area contributed by atoms with E-state index in [-0.39, 0.29) is 34.9 Å². The molecule has 5 rings (SSSR count). The average Bonchev–Trinajstić information content (AvgIpc) is 3.61. The number of anilines is 1. The molecule has 0 bridgehead atoms. The van der Waals surface area contributed by atoms with Crippen LogP contribution < -0.4 is 10.2 Å². The minimum atomic E-state index is -3.88. The molecule has 3 heterocycles. The van der Waals surface area contributed by atoms with Crippen molar-refractivity contribution in [2.24, 2.45) is 0 Å². The molecule has 0 saturated carbocycles. The van der Waals surface area contributed by atoms with E-state index >= 15 is 0 Å². The van der Waals surface area contributed by atoms with Crippen molar-refractivity contribution >= 4 is 59.2 Å². The number of amides is 4. The lowest BCUT2D eigenvalue weighted by atomic mass is 10.1. The van der Waals surface area contributed by atoms with Crippen LogP contribution in [0.15, 0.2) is 48.5 Å². The molecule has 1 aromatic heterocycles. The third-order valence-electron chi connectivity index (χ3n) is 7.88. The summed E-state index contributed by atoms with van der Waals surface area (Å²) in [5, 5.41) is 2.56. The highest BCUT2D eigenvalue weighted by atomic mass is 32.1. The lowest BCUT2D eigenvalue weighted by Gasteiger charge is -2.39. The summed E-state index contributed by atoms with van der Waals surface area (Å²) < 4.78 is 28.7. The van der Waals surface area contributed by atoms with Crippen LogP contribution in [0.4, 0.5) is 14.5 Å².